The summed E-state index contributed by atoms with van der Waals surface area (Å²) in [6.45, 7) is 5.70. The summed E-state index contributed by atoms with van der Waals surface area (Å²) in [5.74, 6) is 0.934. The summed E-state index contributed by atoms with van der Waals surface area (Å²) in [6, 6.07) is 0.780. The zero-order valence-electron chi connectivity index (χ0n) is 9.42. The van der Waals surface area contributed by atoms with Crippen LogP contribution in [0.3, 0.4) is 0 Å². The highest BCUT2D eigenvalue weighted by Crippen LogP contribution is 2.32. The topological polar surface area (TPSA) is 30.5 Å². The van der Waals surface area contributed by atoms with Crippen LogP contribution in [0.1, 0.15) is 26.2 Å². The van der Waals surface area contributed by atoms with E-state index in [0.717, 1.165) is 44.7 Å². The minimum absolute atomic E-state index is 0.780. The van der Waals surface area contributed by atoms with Gasteiger partial charge in [0.2, 0.25) is 0 Å². The molecule has 0 radical (unpaired) electrons. The molecule has 1 N–H and O–H groups in total. The summed E-state index contributed by atoms with van der Waals surface area (Å²) in [5, 5.41) is 3.49. The molecule has 1 aliphatic carbocycles. The van der Waals surface area contributed by atoms with Crippen molar-refractivity contribution in [3.8, 4) is 0 Å². The Morgan fingerprint density at radius 2 is 2.14 bits per heavy atom. The summed E-state index contributed by atoms with van der Waals surface area (Å²) in [6.07, 6.45) is 3.67. The Bertz CT molecular complexity index is 141. The van der Waals surface area contributed by atoms with Crippen molar-refractivity contribution in [3.63, 3.8) is 0 Å². The van der Waals surface area contributed by atoms with Gasteiger partial charge in [0.05, 0.1) is 6.61 Å². The van der Waals surface area contributed by atoms with Gasteiger partial charge in [-0.1, -0.05) is 13.3 Å². The third-order valence-corrected chi connectivity index (χ3v) is 2.74. The smallest absolute Gasteiger partial charge is 0.0591 e. The molecule has 0 saturated heterocycles. The van der Waals surface area contributed by atoms with E-state index in [-0.39, 0.29) is 0 Å². The van der Waals surface area contributed by atoms with E-state index >= 15 is 0 Å². The number of methoxy groups -OCH3 is 1. The van der Waals surface area contributed by atoms with Crippen molar-refractivity contribution < 1.29 is 9.47 Å². The Morgan fingerprint density at radius 3 is 2.79 bits per heavy atom. The molecular formula is C11H23NO2. The standard InChI is InChI=1S/C11H23NO2/c1-3-10-9-11(10)12-5-8-14-7-4-6-13-2/h10-12H,3-9H2,1-2H3. The fourth-order valence-corrected chi connectivity index (χ4v) is 1.67. The number of ether oxygens (including phenoxy) is 2. The van der Waals surface area contributed by atoms with Crippen LogP contribution < -0.4 is 5.32 Å². The lowest BCUT2D eigenvalue weighted by Crippen LogP contribution is -2.23. The van der Waals surface area contributed by atoms with Crippen LogP contribution in [0.25, 0.3) is 0 Å². The summed E-state index contributed by atoms with van der Waals surface area (Å²) in [7, 11) is 1.72. The summed E-state index contributed by atoms with van der Waals surface area (Å²) in [5.41, 5.74) is 0. The van der Waals surface area contributed by atoms with Crippen molar-refractivity contribution in [3.05, 3.63) is 0 Å². The highest BCUT2D eigenvalue weighted by atomic mass is 16.5. The summed E-state index contributed by atoms with van der Waals surface area (Å²) in [4.78, 5) is 0. The van der Waals surface area contributed by atoms with Gasteiger partial charge in [-0.2, -0.15) is 0 Å². The first kappa shape index (κ1) is 12.0. The second kappa shape index (κ2) is 7.21. The molecule has 84 valence electrons. The molecule has 1 saturated carbocycles. The number of nitrogens with one attached hydrogen (secondary N) is 1. The average molecular weight is 201 g/mol. The number of hydrogen-bond acceptors (Lipinski definition) is 3. The van der Waals surface area contributed by atoms with Crippen LogP contribution in [0.15, 0.2) is 0 Å². The van der Waals surface area contributed by atoms with Crippen molar-refractivity contribution in [1.29, 1.82) is 0 Å². The molecule has 0 spiro atoms. The van der Waals surface area contributed by atoms with Gasteiger partial charge >= 0.3 is 0 Å². The van der Waals surface area contributed by atoms with Gasteiger partial charge in [-0.3, -0.25) is 0 Å². The molecule has 0 heterocycles. The molecule has 0 aromatic heterocycles. The Kier molecular flexibility index (Phi) is 6.15. The second-order valence-electron chi connectivity index (χ2n) is 3.92. The van der Waals surface area contributed by atoms with E-state index < -0.39 is 0 Å². The van der Waals surface area contributed by atoms with Crippen molar-refractivity contribution in [1.82, 2.24) is 5.32 Å². The predicted molar refractivity (Wildman–Crippen MR) is 57.5 cm³/mol. The normalized spacial score (nSPS) is 25.3. The molecule has 3 heteroatoms. The Morgan fingerprint density at radius 1 is 1.29 bits per heavy atom. The van der Waals surface area contributed by atoms with Gasteiger partial charge in [-0.15, -0.1) is 0 Å². The molecular weight excluding hydrogens is 178 g/mol. The first-order chi connectivity index (χ1) is 6.88. The van der Waals surface area contributed by atoms with Crippen LogP contribution in [-0.4, -0.2) is 39.5 Å². The second-order valence-corrected chi connectivity index (χ2v) is 3.92. The lowest BCUT2D eigenvalue weighted by atomic mass is 10.3. The first-order valence-corrected chi connectivity index (χ1v) is 5.68. The van der Waals surface area contributed by atoms with Gasteiger partial charge < -0.3 is 14.8 Å². The van der Waals surface area contributed by atoms with Crippen molar-refractivity contribution in [2.75, 3.05) is 33.5 Å². The molecule has 2 unspecified atom stereocenters. The van der Waals surface area contributed by atoms with E-state index in [9.17, 15) is 0 Å². The van der Waals surface area contributed by atoms with Gasteiger partial charge in [0.15, 0.2) is 0 Å². The highest BCUT2D eigenvalue weighted by Gasteiger charge is 2.34. The maximum absolute atomic E-state index is 5.44. The van der Waals surface area contributed by atoms with Gasteiger partial charge in [0.25, 0.3) is 0 Å². The maximum Gasteiger partial charge on any atom is 0.0591 e. The molecule has 3 nitrogen and oxygen atoms in total. The highest BCUT2D eigenvalue weighted by molar-refractivity contribution is 4.91. The fourth-order valence-electron chi connectivity index (χ4n) is 1.67. The Labute approximate surface area is 87.2 Å². The SMILES string of the molecule is CCC1CC1NCCOCCCOC. The number of hydrogen-bond donors (Lipinski definition) is 1. The first-order valence-electron chi connectivity index (χ1n) is 5.68. The van der Waals surface area contributed by atoms with E-state index in [4.69, 9.17) is 9.47 Å². The van der Waals surface area contributed by atoms with Crippen LogP contribution in [0.4, 0.5) is 0 Å². The van der Waals surface area contributed by atoms with Crippen LogP contribution in [-0.2, 0) is 9.47 Å². The maximum atomic E-state index is 5.44. The van der Waals surface area contributed by atoms with Gasteiger partial charge in [0.1, 0.15) is 0 Å². The van der Waals surface area contributed by atoms with E-state index in [2.05, 4.69) is 12.2 Å². The molecule has 0 aliphatic heterocycles. The zero-order valence-corrected chi connectivity index (χ0v) is 9.42. The quantitative estimate of drug-likeness (QED) is 0.572. The van der Waals surface area contributed by atoms with Crippen molar-refractivity contribution in [2.45, 2.75) is 32.2 Å². The third-order valence-electron chi connectivity index (χ3n) is 2.74. The summed E-state index contributed by atoms with van der Waals surface area (Å²) < 4.78 is 10.4. The molecule has 1 rings (SSSR count). The van der Waals surface area contributed by atoms with E-state index in [1.165, 1.54) is 12.8 Å². The van der Waals surface area contributed by atoms with E-state index in [1.54, 1.807) is 7.11 Å². The van der Waals surface area contributed by atoms with Crippen molar-refractivity contribution >= 4 is 0 Å². The lowest BCUT2D eigenvalue weighted by Gasteiger charge is -2.05. The van der Waals surface area contributed by atoms with Crippen LogP contribution >= 0.6 is 0 Å². The Hall–Kier alpha value is -0.120. The molecule has 1 aliphatic rings. The lowest BCUT2D eigenvalue weighted by molar-refractivity contribution is 0.104. The molecule has 14 heavy (non-hydrogen) atoms. The average Bonchev–Trinajstić information content (AvgIpc) is 2.95. The molecule has 2 atom stereocenters. The predicted octanol–water partition coefficient (Wildman–Crippen LogP) is 1.43. The minimum Gasteiger partial charge on any atom is -0.385 e. The largest absolute Gasteiger partial charge is 0.385 e. The summed E-state index contributed by atoms with van der Waals surface area (Å²) >= 11 is 0. The number of rotatable bonds is 9. The van der Waals surface area contributed by atoms with Gasteiger partial charge in [0, 0.05) is 32.9 Å². The molecule has 1 fully saturated rings. The Balaban J connectivity index is 1.73. The van der Waals surface area contributed by atoms with Crippen LogP contribution in [0.2, 0.25) is 0 Å². The fraction of sp³-hybridized carbons (Fsp3) is 1.00. The van der Waals surface area contributed by atoms with E-state index in [1.807, 2.05) is 0 Å². The van der Waals surface area contributed by atoms with E-state index in [0.29, 0.717) is 0 Å². The van der Waals surface area contributed by atoms with Crippen molar-refractivity contribution in [2.24, 2.45) is 5.92 Å². The van der Waals surface area contributed by atoms with Gasteiger partial charge in [-0.05, 0) is 18.8 Å². The zero-order chi connectivity index (χ0) is 10.2. The molecule has 0 bridgehead atoms. The minimum atomic E-state index is 0.780. The monoisotopic (exact) mass is 201 g/mol. The van der Waals surface area contributed by atoms with Crippen LogP contribution in [0.5, 0.6) is 0 Å². The third kappa shape index (κ3) is 4.94. The van der Waals surface area contributed by atoms with Gasteiger partial charge in [-0.25, -0.2) is 0 Å². The molecule has 0 aromatic carbocycles. The molecule has 0 aromatic rings. The molecule has 0 amide bonds. The van der Waals surface area contributed by atoms with Crippen LogP contribution in [0, 0.1) is 5.92 Å².